The molecule has 0 saturated heterocycles. The molecule has 3 rings (SSSR count). The molecule has 0 bridgehead atoms. The van der Waals surface area contributed by atoms with Crippen LogP contribution < -0.4 is 5.73 Å². The average molecular weight is 363 g/mol. The Balaban J connectivity index is 1.67. The molecule has 2 aromatic heterocycles. The molecule has 0 unspecified atom stereocenters. The minimum Gasteiger partial charge on any atom is -0.397 e. The Kier molecular flexibility index (Phi) is 4.21. The van der Waals surface area contributed by atoms with Crippen LogP contribution in [0.5, 0.6) is 0 Å². The first-order valence-corrected chi connectivity index (χ1v) is 7.91. The van der Waals surface area contributed by atoms with Crippen LogP contribution in [0.15, 0.2) is 56.5 Å². The molecule has 0 aliphatic rings. The number of hydrogen-bond donors (Lipinski definition) is 1. The Morgan fingerprint density at radius 3 is 2.67 bits per heavy atom. The number of benzene rings is 1. The Labute approximate surface area is 134 Å². The van der Waals surface area contributed by atoms with Gasteiger partial charge in [0.05, 0.1) is 17.6 Å². The van der Waals surface area contributed by atoms with Crippen molar-refractivity contribution in [2.75, 3.05) is 5.73 Å². The predicted octanol–water partition coefficient (Wildman–Crippen LogP) is 3.77. The summed E-state index contributed by atoms with van der Waals surface area (Å²) < 4.78 is 6.27. The van der Waals surface area contributed by atoms with Crippen molar-refractivity contribution in [3.63, 3.8) is 0 Å². The van der Waals surface area contributed by atoms with Gasteiger partial charge in [-0.25, -0.2) is 4.98 Å². The highest BCUT2D eigenvalue weighted by Gasteiger charge is 2.10. The second kappa shape index (κ2) is 6.28. The van der Waals surface area contributed by atoms with E-state index in [4.69, 9.17) is 10.3 Å². The van der Waals surface area contributed by atoms with E-state index in [1.807, 2.05) is 24.3 Å². The third kappa shape index (κ3) is 3.62. The number of aromatic nitrogens is 3. The standard InChI is InChI=1S/C14H11BrN4OS/c15-9-1-4-11(5-2-9)21-8-13-18-14(20-19-13)12-6-3-10(16)7-17-12/h1-7H,8,16H2. The number of anilines is 1. The third-order valence-electron chi connectivity index (χ3n) is 2.66. The fourth-order valence-electron chi connectivity index (χ4n) is 1.63. The first-order valence-electron chi connectivity index (χ1n) is 6.13. The molecule has 0 fully saturated rings. The van der Waals surface area contributed by atoms with Crippen molar-refractivity contribution in [1.82, 2.24) is 15.1 Å². The maximum Gasteiger partial charge on any atom is 0.276 e. The van der Waals surface area contributed by atoms with Gasteiger partial charge in [-0.1, -0.05) is 21.1 Å². The van der Waals surface area contributed by atoms with E-state index in [0.717, 1.165) is 9.37 Å². The summed E-state index contributed by atoms with van der Waals surface area (Å²) in [5.41, 5.74) is 6.82. The van der Waals surface area contributed by atoms with E-state index in [-0.39, 0.29) is 0 Å². The van der Waals surface area contributed by atoms with E-state index in [2.05, 4.69) is 31.1 Å². The van der Waals surface area contributed by atoms with Gasteiger partial charge in [0.2, 0.25) is 0 Å². The molecule has 2 heterocycles. The fourth-order valence-corrected chi connectivity index (χ4v) is 2.63. The van der Waals surface area contributed by atoms with Crippen molar-refractivity contribution in [3.05, 3.63) is 52.9 Å². The summed E-state index contributed by atoms with van der Waals surface area (Å²) >= 11 is 5.06. The zero-order valence-electron chi connectivity index (χ0n) is 10.9. The summed E-state index contributed by atoms with van der Waals surface area (Å²) in [5.74, 6) is 1.68. The lowest BCUT2D eigenvalue weighted by atomic mass is 10.3. The van der Waals surface area contributed by atoms with Crippen molar-refractivity contribution in [3.8, 4) is 11.6 Å². The summed E-state index contributed by atoms with van der Waals surface area (Å²) in [5, 5.41) is 3.96. The van der Waals surface area contributed by atoms with Gasteiger partial charge in [-0.15, -0.1) is 11.8 Å². The SMILES string of the molecule is Nc1ccc(-c2nc(CSc3ccc(Br)cc3)no2)nc1. The molecule has 2 N–H and O–H groups in total. The highest BCUT2D eigenvalue weighted by atomic mass is 79.9. The van der Waals surface area contributed by atoms with E-state index in [9.17, 15) is 0 Å². The van der Waals surface area contributed by atoms with Gasteiger partial charge in [0, 0.05) is 9.37 Å². The molecule has 1 aromatic carbocycles. The lowest BCUT2D eigenvalue weighted by molar-refractivity contribution is 0.424. The largest absolute Gasteiger partial charge is 0.397 e. The predicted molar refractivity (Wildman–Crippen MR) is 85.6 cm³/mol. The number of nitrogens with two attached hydrogens (primary N) is 1. The van der Waals surface area contributed by atoms with Gasteiger partial charge in [0.1, 0.15) is 5.69 Å². The molecule has 0 atom stereocenters. The molecule has 5 nitrogen and oxygen atoms in total. The van der Waals surface area contributed by atoms with Crippen molar-refractivity contribution in [2.45, 2.75) is 10.6 Å². The zero-order valence-corrected chi connectivity index (χ0v) is 13.3. The summed E-state index contributed by atoms with van der Waals surface area (Å²) in [6, 6.07) is 11.6. The molecule has 106 valence electrons. The third-order valence-corrected chi connectivity index (χ3v) is 4.19. The van der Waals surface area contributed by atoms with E-state index in [1.54, 1.807) is 30.1 Å². The van der Waals surface area contributed by atoms with E-state index < -0.39 is 0 Å². The van der Waals surface area contributed by atoms with Crippen molar-refractivity contribution in [1.29, 1.82) is 0 Å². The van der Waals surface area contributed by atoms with Crippen LogP contribution in [0, 0.1) is 0 Å². The number of halogens is 1. The van der Waals surface area contributed by atoms with Crippen LogP contribution in [0.2, 0.25) is 0 Å². The van der Waals surface area contributed by atoms with Gasteiger partial charge in [-0.05, 0) is 36.4 Å². The van der Waals surface area contributed by atoms with Gasteiger partial charge >= 0.3 is 0 Å². The van der Waals surface area contributed by atoms with Gasteiger partial charge in [0.25, 0.3) is 5.89 Å². The molecule has 0 radical (unpaired) electrons. The normalized spacial score (nSPS) is 10.7. The number of pyridine rings is 1. The van der Waals surface area contributed by atoms with E-state index >= 15 is 0 Å². The molecule has 3 aromatic rings. The second-order valence-corrected chi connectivity index (χ2v) is 6.20. The van der Waals surface area contributed by atoms with E-state index in [0.29, 0.717) is 28.8 Å². The Morgan fingerprint density at radius 2 is 1.95 bits per heavy atom. The van der Waals surface area contributed by atoms with Crippen LogP contribution in [0.1, 0.15) is 5.82 Å². The van der Waals surface area contributed by atoms with Crippen LogP contribution in [0.4, 0.5) is 5.69 Å². The number of thioether (sulfide) groups is 1. The van der Waals surface area contributed by atoms with Crippen LogP contribution >= 0.6 is 27.7 Å². The monoisotopic (exact) mass is 362 g/mol. The number of nitrogens with zero attached hydrogens (tertiary/aromatic N) is 3. The number of nitrogen functional groups attached to an aromatic ring is 1. The molecular formula is C14H11BrN4OS. The van der Waals surface area contributed by atoms with Crippen LogP contribution in [-0.4, -0.2) is 15.1 Å². The molecule has 0 saturated carbocycles. The van der Waals surface area contributed by atoms with Gasteiger partial charge in [-0.3, -0.25) is 0 Å². The Bertz CT molecular complexity index is 727. The average Bonchev–Trinajstić information content (AvgIpc) is 2.96. The molecule has 0 spiro atoms. The zero-order chi connectivity index (χ0) is 14.7. The van der Waals surface area contributed by atoms with Gasteiger partial charge < -0.3 is 10.3 Å². The Morgan fingerprint density at radius 1 is 1.14 bits per heavy atom. The highest BCUT2D eigenvalue weighted by Crippen LogP contribution is 2.24. The lowest BCUT2D eigenvalue weighted by Crippen LogP contribution is -1.89. The Hall–Kier alpha value is -1.86. The molecule has 7 heteroatoms. The molecule has 0 amide bonds. The summed E-state index contributed by atoms with van der Waals surface area (Å²) in [6.07, 6.45) is 1.57. The molecular weight excluding hydrogens is 352 g/mol. The van der Waals surface area contributed by atoms with Crippen molar-refractivity contribution >= 4 is 33.4 Å². The topological polar surface area (TPSA) is 77.8 Å². The van der Waals surface area contributed by atoms with E-state index in [1.165, 1.54) is 0 Å². The fraction of sp³-hybridized carbons (Fsp3) is 0.0714. The lowest BCUT2D eigenvalue weighted by Gasteiger charge is -1.98. The van der Waals surface area contributed by atoms with Crippen molar-refractivity contribution in [2.24, 2.45) is 0 Å². The quantitative estimate of drug-likeness (QED) is 0.711. The first kappa shape index (κ1) is 14.1. The second-order valence-electron chi connectivity index (χ2n) is 4.24. The van der Waals surface area contributed by atoms with Crippen LogP contribution in [0.25, 0.3) is 11.6 Å². The van der Waals surface area contributed by atoms with Gasteiger partial charge in [-0.2, -0.15) is 4.98 Å². The smallest absolute Gasteiger partial charge is 0.276 e. The maximum atomic E-state index is 5.60. The molecule has 0 aliphatic carbocycles. The number of rotatable bonds is 4. The summed E-state index contributed by atoms with van der Waals surface area (Å²) in [7, 11) is 0. The maximum absolute atomic E-state index is 5.60. The van der Waals surface area contributed by atoms with Crippen LogP contribution in [0.3, 0.4) is 0 Å². The minimum absolute atomic E-state index is 0.404. The van der Waals surface area contributed by atoms with Crippen LogP contribution in [-0.2, 0) is 5.75 Å². The van der Waals surface area contributed by atoms with Crippen molar-refractivity contribution < 1.29 is 4.52 Å². The van der Waals surface area contributed by atoms with Gasteiger partial charge in [0.15, 0.2) is 5.82 Å². The number of hydrogen-bond acceptors (Lipinski definition) is 6. The molecule has 0 aliphatic heterocycles. The molecule has 21 heavy (non-hydrogen) atoms. The minimum atomic E-state index is 0.404. The summed E-state index contributed by atoms with van der Waals surface area (Å²) in [6.45, 7) is 0. The first-order chi connectivity index (χ1) is 10.2. The highest BCUT2D eigenvalue weighted by molar-refractivity contribution is 9.10. The summed E-state index contributed by atoms with van der Waals surface area (Å²) in [4.78, 5) is 9.64.